The fraction of sp³-hybridized carbons (Fsp3) is 0.118. The summed E-state index contributed by atoms with van der Waals surface area (Å²) >= 11 is 0. The lowest BCUT2D eigenvalue weighted by Crippen LogP contribution is -2.09. The third-order valence-electron chi connectivity index (χ3n) is 5.82. The lowest BCUT2D eigenvalue weighted by Gasteiger charge is -2.06. The molecule has 0 aliphatic heterocycles. The van der Waals surface area contributed by atoms with E-state index in [4.69, 9.17) is 18.9 Å². The smallest absolute Gasteiger partial charge is 0.330 e. The number of rotatable bonds is 16. The average molecular weight is 637 g/mol. The Morgan fingerprint density at radius 1 is 0.532 bits per heavy atom. The molecule has 0 aliphatic carbocycles. The minimum Gasteiger partial charge on any atom is -0.490 e. The van der Waals surface area contributed by atoms with E-state index in [9.17, 15) is 14.0 Å². The Bertz CT molecular complexity index is 1760. The van der Waals surface area contributed by atoms with Crippen LogP contribution in [0.1, 0.15) is 0 Å². The first-order valence-corrected chi connectivity index (χ1v) is 14.1. The van der Waals surface area contributed by atoms with Gasteiger partial charge in [0.25, 0.3) is 0 Å². The van der Waals surface area contributed by atoms with Crippen molar-refractivity contribution in [3.63, 3.8) is 0 Å². The molecule has 0 atom stereocenters. The van der Waals surface area contributed by atoms with Gasteiger partial charge in [0.05, 0.1) is 28.4 Å². The number of carbonyl (C=O) groups is 2. The van der Waals surface area contributed by atoms with Gasteiger partial charge in [-0.25, -0.2) is 14.0 Å². The van der Waals surface area contributed by atoms with Crippen LogP contribution in [-0.4, -0.2) is 38.4 Å². The van der Waals surface area contributed by atoms with Gasteiger partial charge >= 0.3 is 11.9 Å². The summed E-state index contributed by atoms with van der Waals surface area (Å²) in [6.45, 7) is 7.27. The number of hydrogen-bond donors (Lipinski definition) is 0. The molecule has 0 bridgehead atoms. The van der Waals surface area contributed by atoms with E-state index in [1.54, 1.807) is 78.9 Å². The minimum absolute atomic E-state index is 0.0400. The van der Waals surface area contributed by atoms with Gasteiger partial charge in [-0.2, -0.15) is 25.6 Å². The van der Waals surface area contributed by atoms with Crippen LogP contribution < -0.4 is 9.47 Å². The van der Waals surface area contributed by atoms with E-state index < -0.39 is 17.8 Å². The fourth-order valence-corrected chi connectivity index (χ4v) is 3.51. The van der Waals surface area contributed by atoms with Crippen molar-refractivity contribution < 1.29 is 32.9 Å². The first-order chi connectivity index (χ1) is 22.9. The molecule has 4 aromatic rings. The van der Waals surface area contributed by atoms with Gasteiger partial charge in [-0.05, 0) is 84.9 Å². The molecule has 0 saturated carbocycles. The first-order valence-electron chi connectivity index (χ1n) is 14.1. The second kappa shape index (κ2) is 17.8. The third kappa shape index (κ3) is 11.6. The molecule has 0 aromatic heterocycles. The first kappa shape index (κ1) is 33.5. The summed E-state index contributed by atoms with van der Waals surface area (Å²) < 4.78 is 35.3. The molecule has 4 rings (SSSR count). The van der Waals surface area contributed by atoms with Crippen LogP contribution in [0.4, 0.5) is 38.5 Å². The molecule has 0 saturated heterocycles. The van der Waals surface area contributed by atoms with Crippen LogP contribution >= 0.6 is 0 Å². The zero-order valence-corrected chi connectivity index (χ0v) is 25.1. The maximum absolute atomic E-state index is 14.7. The highest BCUT2D eigenvalue weighted by Crippen LogP contribution is 2.28. The van der Waals surface area contributed by atoms with Gasteiger partial charge in [0.2, 0.25) is 0 Å². The molecule has 0 fully saturated rings. The molecule has 0 amide bonds. The molecular formula is C34H29FN6O6. The van der Waals surface area contributed by atoms with Crippen molar-refractivity contribution in [2.45, 2.75) is 0 Å². The fourth-order valence-electron chi connectivity index (χ4n) is 3.51. The van der Waals surface area contributed by atoms with E-state index in [-0.39, 0.29) is 32.1 Å². The molecule has 0 radical (unpaired) electrons. The molecule has 47 heavy (non-hydrogen) atoms. The van der Waals surface area contributed by atoms with E-state index in [0.717, 1.165) is 12.2 Å². The Balaban J connectivity index is 1.24. The van der Waals surface area contributed by atoms with Crippen molar-refractivity contribution in [1.82, 2.24) is 0 Å². The zero-order chi connectivity index (χ0) is 33.3. The van der Waals surface area contributed by atoms with Crippen LogP contribution in [0.5, 0.6) is 11.5 Å². The zero-order valence-electron chi connectivity index (χ0n) is 25.1. The largest absolute Gasteiger partial charge is 0.490 e. The van der Waals surface area contributed by atoms with Crippen molar-refractivity contribution in [2.75, 3.05) is 26.4 Å². The van der Waals surface area contributed by atoms with E-state index in [1.165, 1.54) is 12.1 Å². The molecule has 13 heteroatoms. The van der Waals surface area contributed by atoms with Crippen molar-refractivity contribution in [1.29, 1.82) is 0 Å². The van der Waals surface area contributed by atoms with Crippen LogP contribution in [0, 0.1) is 5.82 Å². The van der Waals surface area contributed by atoms with Crippen molar-refractivity contribution in [3.8, 4) is 11.5 Å². The summed E-state index contributed by atoms with van der Waals surface area (Å²) in [5.74, 6) is -0.460. The number of halogens is 1. The van der Waals surface area contributed by atoms with E-state index in [1.807, 2.05) is 0 Å². The van der Waals surface area contributed by atoms with E-state index in [2.05, 4.69) is 43.8 Å². The van der Waals surface area contributed by atoms with Gasteiger partial charge in [-0.3, -0.25) is 0 Å². The summed E-state index contributed by atoms with van der Waals surface area (Å²) in [5.41, 5.74) is 2.57. The third-order valence-corrected chi connectivity index (χ3v) is 5.82. The summed E-state index contributed by atoms with van der Waals surface area (Å²) in [5, 5.41) is 24.7. The monoisotopic (exact) mass is 636 g/mol. The number of azo groups is 3. The number of benzene rings is 4. The molecule has 0 unspecified atom stereocenters. The summed E-state index contributed by atoms with van der Waals surface area (Å²) in [6.07, 6.45) is 2.17. The standard InChI is InChI=1S/C34H29FN6O6/c1-3-33(42)46-21-19-44-29-14-9-26(10-15-29)37-36-24-5-7-25(8-6-24)39-41-32-18-13-28(23-31(32)35)40-38-27-11-16-30(17-12-27)45-20-22-47-34(43)4-2/h3-18,23H,1-2,19-22H2. The molecule has 0 N–H and O–H groups in total. The topological polar surface area (TPSA) is 145 Å². The predicted octanol–water partition coefficient (Wildman–Crippen LogP) is 9.29. The number of hydrogen-bond acceptors (Lipinski definition) is 12. The maximum atomic E-state index is 14.7. The summed E-state index contributed by atoms with van der Waals surface area (Å²) in [7, 11) is 0. The Hall–Kier alpha value is -6.37. The highest BCUT2D eigenvalue weighted by molar-refractivity contribution is 5.81. The summed E-state index contributed by atoms with van der Waals surface area (Å²) in [6, 6.07) is 24.7. The second-order valence-electron chi connectivity index (χ2n) is 9.18. The van der Waals surface area contributed by atoms with Crippen LogP contribution in [0.3, 0.4) is 0 Å². The molecule has 0 aliphatic rings. The average Bonchev–Trinajstić information content (AvgIpc) is 3.11. The van der Waals surface area contributed by atoms with Crippen molar-refractivity contribution in [2.24, 2.45) is 30.7 Å². The number of esters is 2. The van der Waals surface area contributed by atoms with Gasteiger partial charge in [-0.15, -0.1) is 5.11 Å². The molecule has 12 nitrogen and oxygen atoms in total. The van der Waals surface area contributed by atoms with E-state index >= 15 is 0 Å². The van der Waals surface area contributed by atoms with Crippen molar-refractivity contribution in [3.05, 3.63) is 122 Å². The molecule has 238 valence electrons. The summed E-state index contributed by atoms with van der Waals surface area (Å²) in [4.78, 5) is 22.1. The van der Waals surface area contributed by atoms with Gasteiger partial charge in [0.1, 0.15) is 43.6 Å². The van der Waals surface area contributed by atoms with Crippen LogP contribution in [0.25, 0.3) is 0 Å². The molecular weight excluding hydrogens is 607 g/mol. The highest BCUT2D eigenvalue weighted by atomic mass is 19.1. The Kier molecular flexibility index (Phi) is 12.7. The van der Waals surface area contributed by atoms with Crippen LogP contribution in [-0.2, 0) is 19.1 Å². The van der Waals surface area contributed by atoms with Crippen LogP contribution in [0.15, 0.2) is 147 Å². The molecule has 0 spiro atoms. The quantitative estimate of drug-likeness (QED) is 0.0518. The second-order valence-corrected chi connectivity index (χ2v) is 9.18. The highest BCUT2D eigenvalue weighted by Gasteiger charge is 2.04. The molecule has 4 aromatic carbocycles. The maximum Gasteiger partial charge on any atom is 0.330 e. The van der Waals surface area contributed by atoms with Crippen molar-refractivity contribution >= 4 is 46.1 Å². The number of ether oxygens (including phenoxy) is 4. The SMILES string of the molecule is C=CC(=O)OCCOc1ccc(N=Nc2ccc(N=Nc3ccc(N=Nc4ccc(OCCOC(=O)C=C)cc4)cc3F)cc2)cc1. The van der Waals surface area contributed by atoms with Gasteiger partial charge in [0, 0.05) is 18.2 Å². The van der Waals surface area contributed by atoms with E-state index in [0.29, 0.717) is 39.9 Å². The van der Waals surface area contributed by atoms with Crippen LogP contribution in [0.2, 0.25) is 0 Å². The Morgan fingerprint density at radius 3 is 1.30 bits per heavy atom. The minimum atomic E-state index is -0.607. The van der Waals surface area contributed by atoms with Gasteiger partial charge in [-0.1, -0.05) is 13.2 Å². The molecule has 0 heterocycles. The predicted molar refractivity (Wildman–Crippen MR) is 172 cm³/mol. The lowest BCUT2D eigenvalue weighted by atomic mass is 10.3. The Labute approximate surface area is 269 Å². The Morgan fingerprint density at radius 2 is 0.894 bits per heavy atom. The lowest BCUT2D eigenvalue weighted by molar-refractivity contribution is -0.139. The van der Waals surface area contributed by atoms with Gasteiger partial charge < -0.3 is 18.9 Å². The number of nitrogens with zero attached hydrogens (tertiary/aromatic N) is 6. The normalized spacial score (nSPS) is 11.1. The van der Waals surface area contributed by atoms with Gasteiger partial charge in [0.15, 0.2) is 5.82 Å². The number of carbonyl (C=O) groups excluding carboxylic acids is 2.